The third kappa shape index (κ3) is 2.68. The molecule has 0 radical (unpaired) electrons. The molecule has 0 aromatic carbocycles. The van der Waals surface area contributed by atoms with Crippen molar-refractivity contribution >= 4 is 16.8 Å². The maximum Gasteiger partial charge on any atom is 0.371 e. The summed E-state index contributed by atoms with van der Waals surface area (Å²) in [6.45, 7) is 2.24. The van der Waals surface area contributed by atoms with Crippen LogP contribution in [0, 0.1) is 0 Å². The monoisotopic (exact) mass is 218 g/mol. The zero-order valence-electron chi connectivity index (χ0n) is 7.56. The molecule has 0 saturated heterocycles. The Kier molecular flexibility index (Phi) is 3.84. The average Bonchev–Trinajstić information content (AvgIpc) is 2.62. The molecule has 14 heavy (non-hydrogen) atoms. The fraction of sp³-hybridized carbons (Fsp3) is 0.375. The highest BCUT2D eigenvalue weighted by Gasteiger charge is 2.13. The second kappa shape index (κ2) is 4.92. The summed E-state index contributed by atoms with van der Waals surface area (Å²) in [5, 5.41) is 8.65. The van der Waals surface area contributed by atoms with E-state index in [2.05, 4.69) is 0 Å². The quantitative estimate of drug-likeness (QED) is 0.800. The molecule has 0 aliphatic rings. The van der Waals surface area contributed by atoms with E-state index in [9.17, 15) is 9.00 Å². The van der Waals surface area contributed by atoms with E-state index in [4.69, 9.17) is 14.3 Å². The second-order valence-corrected chi connectivity index (χ2v) is 3.71. The minimum Gasteiger partial charge on any atom is -0.475 e. The predicted molar refractivity (Wildman–Crippen MR) is 48.6 cm³/mol. The van der Waals surface area contributed by atoms with Crippen LogP contribution < -0.4 is 0 Å². The lowest BCUT2D eigenvalue weighted by molar-refractivity contribution is 0.0656. The number of aromatic carboxylic acids is 1. The molecule has 6 heteroatoms. The van der Waals surface area contributed by atoms with Crippen LogP contribution in [0.4, 0.5) is 0 Å². The van der Waals surface area contributed by atoms with Gasteiger partial charge in [-0.05, 0) is 19.1 Å². The number of ether oxygens (including phenoxy) is 1. The third-order valence-corrected chi connectivity index (χ3v) is 2.46. The molecular formula is C8H10O5S. The molecule has 0 bridgehead atoms. The van der Waals surface area contributed by atoms with Gasteiger partial charge < -0.3 is 14.3 Å². The van der Waals surface area contributed by atoms with E-state index in [1.54, 1.807) is 6.92 Å². The first-order valence-corrected chi connectivity index (χ1v) is 5.26. The molecule has 0 aliphatic heterocycles. The van der Waals surface area contributed by atoms with Gasteiger partial charge in [0, 0.05) is 6.61 Å². The maximum atomic E-state index is 11.3. The second-order valence-electron chi connectivity index (χ2n) is 2.38. The Morgan fingerprint density at radius 3 is 2.86 bits per heavy atom. The van der Waals surface area contributed by atoms with Gasteiger partial charge in [0.25, 0.3) is 0 Å². The average molecular weight is 218 g/mol. The van der Waals surface area contributed by atoms with E-state index >= 15 is 0 Å². The molecule has 1 aromatic rings. The van der Waals surface area contributed by atoms with Gasteiger partial charge in [-0.25, -0.2) is 9.00 Å². The Bertz CT molecular complexity index is 343. The lowest BCUT2D eigenvalue weighted by Gasteiger charge is -1.97. The highest BCUT2D eigenvalue weighted by molar-refractivity contribution is 7.84. The molecule has 5 nitrogen and oxygen atoms in total. The Morgan fingerprint density at radius 2 is 2.36 bits per heavy atom. The Labute approximate surface area is 83.1 Å². The summed E-state index contributed by atoms with van der Waals surface area (Å²) < 4.78 is 21.1. The molecule has 0 saturated carbocycles. The van der Waals surface area contributed by atoms with Crippen LogP contribution in [0.1, 0.15) is 17.5 Å². The van der Waals surface area contributed by atoms with Crippen molar-refractivity contribution in [3.8, 4) is 0 Å². The molecule has 0 amide bonds. The first-order chi connectivity index (χ1) is 6.65. The molecule has 78 valence electrons. The fourth-order valence-corrected chi connectivity index (χ4v) is 1.61. The van der Waals surface area contributed by atoms with Gasteiger partial charge in [0.1, 0.15) is 16.7 Å². The normalized spacial score (nSPS) is 12.6. The van der Waals surface area contributed by atoms with Gasteiger partial charge in [-0.3, -0.25) is 0 Å². The minimum atomic E-state index is -1.43. The molecule has 1 N–H and O–H groups in total. The van der Waals surface area contributed by atoms with Gasteiger partial charge in [-0.1, -0.05) is 0 Å². The van der Waals surface area contributed by atoms with Crippen molar-refractivity contribution < 1.29 is 23.3 Å². The summed E-state index contributed by atoms with van der Waals surface area (Å²) in [5.41, 5.74) is 0. The van der Waals surface area contributed by atoms with Gasteiger partial charge in [0.05, 0.1) is 0 Å². The SMILES string of the molecule is CCOCS(=O)c1ccc(C(=O)O)o1. The number of hydrogen-bond acceptors (Lipinski definition) is 4. The first kappa shape index (κ1) is 10.9. The summed E-state index contributed by atoms with van der Waals surface area (Å²) in [7, 11) is -1.43. The van der Waals surface area contributed by atoms with Gasteiger partial charge in [0.15, 0.2) is 5.09 Å². The van der Waals surface area contributed by atoms with Crippen molar-refractivity contribution in [2.75, 3.05) is 12.5 Å². The highest BCUT2D eigenvalue weighted by atomic mass is 32.2. The molecule has 0 spiro atoms. The van der Waals surface area contributed by atoms with E-state index in [1.807, 2.05) is 0 Å². The summed E-state index contributed by atoms with van der Waals surface area (Å²) >= 11 is 0. The van der Waals surface area contributed by atoms with Crippen LogP contribution >= 0.6 is 0 Å². The molecule has 1 unspecified atom stereocenters. The van der Waals surface area contributed by atoms with Crippen molar-refractivity contribution in [2.45, 2.75) is 12.0 Å². The van der Waals surface area contributed by atoms with Gasteiger partial charge in [-0.2, -0.15) is 0 Å². The van der Waals surface area contributed by atoms with E-state index in [0.717, 1.165) is 0 Å². The van der Waals surface area contributed by atoms with Gasteiger partial charge >= 0.3 is 5.97 Å². The Morgan fingerprint density at radius 1 is 1.64 bits per heavy atom. The Hall–Kier alpha value is -1.14. The molecule has 0 aliphatic carbocycles. The van der Waals surface area contributed by atoms with Crippen LogP contribution in [0.5, 0.6) is 0 Å². The molecule has 1 atom stereocenters. The predicted octanol–water partition coefficient (Wildman–Crippen LogP) is 1.08. The van der Waals surface area contributed by atoms with Crippen LogP contribution in [-0.4, -0.2) is 27.8 Å². The number of furan rings is 1. The summed E-state index contributed by atoms with van der Waals surface area (Å²) in [6.07, 6.45) is 0. The summed E-state index contributed by atoms with van der Waals surface area (Å²) in [6, 6.07) is 2.64. The van der Waals surface area contributed by atoms with Gasteiger partial charge in [-0.15, -0.1) is 0 Å². The number of carbonyl (C=O) groups is 1. The zero-order valence-corrected chi connectivity index (χ0v) is 8.37. The van der Waals surface area contributed by atoms with Crippen LogP contribution in [0.15, 0.2) is 21.6 Å². The topological polar surface area (TPSA) is 76.7 Å². The van der Waals surface area contributed by atoms with E-state index in [1.165, 1.54) is 12.1 Å². The highest BCUT2D eigenvalue weighted by Crippen LogP contribution is 2.12. The molecule has 0 fully saturated rings. The van der Waals surface area contributed by atoms with Crippen molar-refractivity contribution in [1.82, 2.24) is 0 Å². The summed E-state index contributed by atoms with van der Waals surface area (Å²) in [4.78, 5) is 10.4. The maximum absolute atomic E-state index is 11.3. The largest absolute Gasteiger partial charge is 0.475 e. The lowest BCUT2D eigenvalue weighted by atomic mass is 10.5. The van der Waals surface area contributed by atoms with Crippen molar-refractivity contribution in [3.63, 3.8) is 0 Å². The van der Waals surface area contributed by atoms with E-state index in [0.29, 0.717) is 6.61 Å². The van der Waals surface area contributed by atoms with E-state index < -0.39 is 16.8 Å². The van der Waals surface area contributed by atoms with E-state index in [-0.39, 0.29) is 16.8 Å². The van der Waals surface area contributed by atoms with Crippen LogP contribution in [0.3, 0.4) is 0 Å². The Balaban J connectivity index is 2.66. The fourth-order valence-electron chi connectivity index (χ4n) is 0.775. The standard InChI is InChI=1S/C8H10O5S/c1-2-12-5-14(11)7-4-3-6(13-7)8(9)10/h3-4H,2,5H2,1H3,(H,9,10). The molecular weight excluding hydrogens is 208 g/mol. The van der Waals surface area contributed by atoms with Crippen LogP contribution in [-0.2, 0) is 15.5 Å². The number of carboxylic acid groups (broad SMARTS) is 1. The number of carboxylic acids is 1. The van der Waals surface area contributed by atoms with Crippen LogP contribution in [0.2, 0.25) is 0 Å². The van der Waals surface area contributed by atoms with Crippen molar-refractivity contribution in [3.05, 3.63) is 17.9 Å². The van der Waals surface area contributed by atoms with Crippen LogP contribution in [0.25, 0.3) is 0 Å². The molecule has 1 aromatic heterocycles. The summed E-state index contributed by atoms with van der Waals surface area (Å²) in [5.74, 6) is -1.38. The first-order valence-electron chi connectivity index (χ1n) is 3.94. The lowest BCUT2D eigenvalue weighted by Crippen LogP contribution is -2.01. The van der Waals surface area contributed by atoms with Crippen molar-refractivity contribution in [2.24, 2.45) is 0 Å². The van der Waals surface area contributed by atoms with Gasteiger partial charge in [0.2, 0.25) is 5.76 Å². The third-order valence-electron chi connectivity index (χ3n) is 1.41. The molecule has 1 rings (SSSR count). The number of hydrogen-bond donors (Lipinski definition) is 1. The number of rotatable bonds is 5. The zero-order chi connectivity index (χ0) is 10.6. The smallest absolute Gasteiger partial charge is 0.371 e. The molecule has 1 heterocycles. The van der Waals surface area contributed by atoms with Crippen molar-refractivity contribution in [1.29, 1.82) is 0 Å². The minimum absolute atomic E-state index is 0.0169.